The average Bonchev–Trinajstić information content (AvgIpc) is 2.87. The zero-order valence-electron chi connectivity index (χ0n) is 16.3. The lowest BCUT2D eigenvalue weighted by Gasteiger charge is -2.28. The lowest BCUT2D eigenvalue weighted by atomic mass is 10.0. The number of likely N-dealkylation sites (tertiary alicyclic amines) is 1. The van der Waals surface area contributed by atoms with Crippen LogP contribution in [0.15, 0.2) is 24.3 Å². The van der Waals surface area contributed by atoms with Gasteiger partial charge < -0.3 is 9.47 Å². The summed E-state index contributed by atoms with van der Waals surface area (Å²) in [7, 11) is 0. The van der Waals surface area contributed by atoms with E-state index < -0.39 is 17.7 Å². The number of carbonyl (C=O) groups excluding carboxylic acids is 2. The van der Waals surface area contributed by atoms with Gasteiger partial charge in [0.05, 0.1) is 18.2 Å². The maximum Gasteiger partial charge on any atom is 0.411 e. The molecule has 0 spiro atoms. The normalized spacial score (nSPS) is 21.0. The first-order chi connectivity index (χ1) is 11.9. The highest BCUT2D eigenvalue weighted by Crippen LogP contribution is 2.28. The molecule has 5 nitrogen and oxygen atoms in total. The number of amides is 1. The predicted molar refractivity (Wildman–Crippen MR) is 102 cm³/mol. The van der Waals surface area contributed by atoms with Gasteiger partial charge in [-0.1, -0.05) is 11.6 Å². The number of ketones is 1. The molecule has 144 valence electrons. The fraction of sp³-hybridized carbons (Fsp3) is 0.600. The number of hydrogen-bond acceptors (Lipinski definition) is 4. The largest absolute Gasteiger partial charge is 0.444 e. The van der Waals surface area contributed by atoms with E-state index in [1.807, 2.05) is 20.8 Å². The fourth-order valence-corrected chi connectivity index (χ4v) is 3.09. The summed E-state index contributed by atoms with van der Waals surface area (Å²) in [6, 6.07) is 6.08. The zero-order chi connectivity index (χ0) is 19.7. The molecule has 1 heterocycles. The number of Topliss-reactive ketones (excluding diaryl/α,β-unsaturated/α-hetero) is 1. The minimum Gasteiger partial charge on any atom is -0.444 e. The van der Waals surface area contributed by atoms with Gasteiger partial charge in [-0.25, -0.2) is 4.79 Å². The summed E-state index contributed by atoms with van der Waals surface area (Å²) in [4.78, 5) is 27.1. The predicted octanol–water partition coefficient (Wildman–Crippen LogP) is 4.72. The van der Waals surface area contributed by atoms with Gasteiger partial charge in [0, 0.05) is 17.0 Å². The first kappa shape index (κ1) is 20.7. The molecule has 6 heteroatoms. The summed E-state index contributed by atoms with van der Waals surface area (Å²) in [5, 5.41) is 0.561. The molecule has 0 aliphatic carbocycles. The minimum atomic E-state index is -0.631. The molecule has 26 heavy (non-hydrogen) atoms. The fourth-order valence-electron chi connectivity index (χ4n) is 2.96. The first-order valence-corrected chi connectivity index (χ1v) is 9.21. The Morgan fingerprint density at radius 3 is 2.12 bits per heavy atom. The Hall–Kier alpha value is -1.59. The van der Waals surface area contributed by atoms with Crippen molar-refractivity contribution < 1.29 is 19.1 Å². The molecule has 0 aromatic heterocycles. The van der Waals surface area contributed by atoms with Crippen LogP contribution >= 0.6 is 11.6 Å². The molecular weight excluding hydrogens is 354 g/mol. The number of benzene rings is 1. The maximum absolute atomic E-state index is 13.0. The van der Waals surface area contributed by atoms with Crippen molar-refractivity contribution in [3.8, 4) is 0 Å². The zero-order valence-corrected chi connectivity index (χ0v) is 17.1. The number of rotatable bonds is 3. The molecule has 1 aliphatic heterocycles. The van der Waals surface area contributed by atoms with Crippen molar-refractivity contribution in [2.75, 3.05) is 6.54 Å². The SMILES string of the molecule is CC(C)(C)OC(=O)N1C[C@H](OC(C)(C)C)C[C@@H]1C(=O)c1ccc(Cl)cc1. The number of halogens is 1. The van der Waals surface area contributed by atoms with Crippen LogP contribution in [0.5, 0.6) is 0 Å². The van der Waals surface area contributed by atoms with Crippen molar-refractivity contribution in [3.63, 3.8) is 0 Å². The second kappa shape index (κ2) is 7.57. The first-order valence-electron chi connectivity index (χ1n) is 8.83. The van der Waals surface area contributed by atoms with Crippen LogP contribution in [-0.2, 0) is 9.47 Å². The van der Waals surface area contributed by atoms with Gasteiger partial charge in [-0.3, -0.25) is 9.69 Å². The standard InChI is InChI=1S/C20H28ClNO4/c1-19(2,3)25-15-11-16(17(23)13-7-9-14(21)10-8-13)22(12-15)18(24)26-20(4,5)6/h7-10,15-16H,11-12H2,1-6H3/t15-,16-/m1/s1. The van der Waals surface area contributed by atoms with Crippen LogP contribution in [0, 0.1) is 0 Å². The molecule has 1 aromatic rings. The summed E-state index contributed by atoms with van der Waals surface area (Å²) >= 11 is 5.91. The van der Waals surface area contributed by atoms with Gasteiger partial charge in [-0.15, -0.1) is 0 Å². The van der Waals surface area contributed by atoms with Crippen LogP contribution in [0.4, 0.5) is 4.79 Å². The Morgan fingerprint density at radius 2 is 1.62 bits per heavy atom. The van der Waals surface area contributed by atoms with Gasteiger partial charge in [0.2, 0.25) is 0 Å². The molecule has 0 unspecified atom stereocenters. The van der Waals surface area contributed by atoms with Crippen molar-refractivity contribution >= 4 is 23.5 Å². The number of hydrogen-bond donors (Lipinski definition) is 0. The van der Waals surface area contributed by atoms with Crippen LogP contribution in [0.25, 0.3) is 0 Å². The summed E-state index contributed by atoms with van der Waals surface area (Å²) in [6.45, 7) is 11.6. The van der Waals surface area contributed by atoms with E-state index in [-0.39, 0.29) is 17.5 Å². The summed E-state index contributed by atoms with van der Waals surface area (Å²) < 4.78 is 11.5. The van der Waals surface area contributed by atoms with E-state index in [2.05, 4.69) is 0 Å². The van der Waals surface area contributed by atoms with E-state index in [0.29, 0.717) is 23.6 Å². The van der Waals surface area contributed by atoms with Crippen molar-refractivity contribution in [1.29, 1.82) is 0 Å². The molecule has 1 aliphatic rings. The van der Waals surface area contributed by atoms with Gasteiger partial charge in [0.15, 0.2) is 5.78 Å². The van der Waals surface area contributed by atoms with Crippen LogP contribution in [0.2, 0.25) is 5.02 Å². The highest BCUT2D eigenvalue weighted by molar-refractivity contribution is 6.30. The third-order valence-electron chi connectivity index (χ3n) is 3.84. The van der Waals surface area contributed by atoms with Crippen LogP contribution < -0.4 is 0 Å². The van der Waals surface area contributed by atoms with Gasteiger partial charge in [-0.2, -0.15) is 0 Å². The van der Waals surface area contributed by atoms with Gasteiger partial charge in [0.25, 0.3) is 0 Å². The second-order valence-electron chi connectivity index (χ2n) is 8.61. The number of carbonyl (C=O) groups is 2. The summed E-state index contributed by atoms with van der Waals surface area (Å²) in [6.07, 6.45) is -0.272. The van der Waals surface area contributed by atoms with Crippen molar-refractivity contribution in [3.05, 3.63) is 34.9 Å². The molecular formula is C20H28ClNO4. The Labute approximate surface area is 160 Å². The number of nitrogens with zero attached hydrogens (tertiary/aromatic N) is 1. The van der Waals surface area contributed by atoms with Crippen molar-refractivity contribution in [2.45, 2.75) is 71.3 Å². The van der Waals surface area contributed by atoms with Crippen molar-refractivity contribution in [1.82, 2.24) is 4.90 Å². The lowest BCUT2D eigenvalue weighted by Crippen LogP contribution is -2.43. The smallest absolute Gasteiger partial charge is 0.411 e. The van der Waals surface area contributed by atoms with Gasteiger partial charge in [-0.05, 0) is 65.8 Å². The Kier molecular flexibility index (Phi) is 6.03. The van der Waals surface area contributed by atoms with E-state index in [1.54, 1.807) is 45.0 Å². The van der Waals surface area contributed by atoms with Gasteiger partial charge in [0.1, 0.15) is 11.6 Å². The molecule has 1 amide bonds. The Balaban J connectivity index is 2.24. The van der Waals surface area contributed by atoms with Crippen molar-refractivity contribution in [2.24, 2.45) is 0 Å². The van der Waals surface area contributed by atoms with E-state index in [4.69, 9.17) is 21.1 Å². The monoisotopic (exact) mass is 381 g/mol. The molecule has 0 N–H and O–H groups in total. The lowest BCUT2D eigenvalue weighted by molar-refractivity contribution is -0.0549. The molecule has 1 aromatic carbocycles. The minimum absolute atomic E-state index is 0.132. The molecule has 2 atom stereocenters. The van der Waals surface area contributed by atoms with E-state index >= 15 is 0 Å². The molecule has 1 saturated heterocycles. The highest BCUT2D eigenvalue weighted by Gasteiger charge is 2.43. The summed E-state index contributed by atoms with van der Waals surface area (Å²) in [5.74, 6) is -0.132. The molecule has 0 bridgehead atoms. The molecule has 0 saturated carbocycles. The quantitative estimate of drug-likeness (QED) is 0.711. The van der Waals surface area contributed by atoms with E-state index in [0.717, 1.165) is 0 Å². The van der Waals surface area contributed by atoms with Gasteiger partial charge >= 0.3 is 6.09 Å². The van der Waals surface area contributed by atoms with Crippen LogP contribution in [-0.4, -0.2) is 46.7 Å². The highest BCUT2D eigenvalue weighted by atomic mass is 35.5. The van der Waals surface area contributed by atoms with E-state index in [9.17, 15) is 9.59 Å². The molecule has 0 radical (unpaired) electrons. The Morgan fingerprint density at radius 1 is 1.04 bits per heavy atom. The third-order valence-corrected chi connectivity index (χ3v) is 4.09. The van der Waals surface area contributed by atoms with E-state index in [1.165, 1.54) is 4.90 Å². The topological polar surface area (TPSA) is 55.8 Å². The second-order valence-corrected chi connectivity index (χ2v) is 9.04. The number of ether oxygens (including phenoxy) is 2. The maximum atomic E-state index is 13.0. The average molecular weight is 382 g/mol. The molecule has 2 rings (SSSR count). The Bertz CT molecular complexity index is 658. The van der Waals surface area contributed by atoms with Crippen LogP contribution in [0.3, 0.4) is 0 Å². The summed E-state index contributed by atoms with van der Waals surface area (Å²) in [5.41, 5.74) is -0.472. The molecule has 1 fully saturated rings. The van der Waals surface area contributed by atoms with Crippen LogP contribution in [0.1, 0.15) is 58.3 Å². The third kappa shape index (κ3) is 5.71.